The van der Waals surface area contributed by atoms with E-state index in [9.17, 15) is 19.7 Å². The highest BCUT2D eigenvalue weighted by atomic mass is 35.5. The van der Waals surface area contributed by atoms with Crippen molar-refractivity contribution in [1.29, 1.82) is 0 Å². The fraction of sp³-hybridized carbons (Fsp3) is 0.194. The van der Waals surface area contributed by atoms with Gasteiger partial charge >= 0.3 is 5.97 Å². The third-order valence-corrected chi connectivity index (χ3v) is 8.14. The molecule has 0 bridgehead atoms. The summed E-state index contributed by atoms with van der Waals surface area (Å²) in [6.07, 6.45) is 1.74. The number of halogens is 1. The molecule has 0 saturated carbocycles. The Balaban J connectivity index is 1.54. The SMILES string of the molecule is CCOC(=O)C1=C(C)N=c2s/c(=C/c3ccc(OCc4ccccc4Cl)cc3)c(=O)n2[C@H]1c1ccc(C)c([N+](=O)[O-])c1. The summed E-state index contributed by atoms with van der Waals surface area (Å²) in [7, 11) is 0. The zero-order valence-corrected chi connectivity index (χ0v) is 24.6. The molecule has 3 aromatic carbocycles. The second-order valence-electron chi connectivity index (χ2n) is 9.55. The van der Waals surface area contributed by atoms with E-state index >= 15 is 0 Å². The third-order valence-electron chi connectivity index (χ3n) is 6.79. The number of thiazole rings is 1. The molecule has 0 spiro atoms. The first kappa shape index (κ1) is 29.0. The number of carbonyl (C=O) groups is 1. The summed E-state index contributed by atoms with van der Waals surface area (Å²) in [5.74, 6) is 0.0119. The van der Waals surface area contributed by atoms with Crippen LogP contribution in [0.15, 0.2) is 87.8 Å². The number of esters is 1. The van der Waals surface area contributed by atoms with Gasteiger partial charge in [-0.25, -0.2) is 9.79 Å². The lowest BCUT2D eigenvalue weighted by atomic mass is 9.94. The first-order chi connectivity index (χ1) is 20.2. The molecule has 5 rings (SSSR count). The van der Waals surface area contributed by atoms with Crippen molar-refractivity contribution in [1.82, 2.24) is 4.57 Å². The van der Waals surface area contributed by atoms with Crippen LogP contribution in [0.1, 0.15) is 42.1 Å². The monoisotopic (exact) mass is 603 g/mol. The number of hydrogen-bond donors (Lipinski definition) is 0. The van der Waals surface area contributed by atoms with Crippen molar-refractivity contribution in [2.75, 3.05) is 6.61 Å². The zero-order valence-electron chi connectivity index (χ0n) is 23.0. The molecule has 214 valence electrons. The summed E-state index contributed by atoms with van der Waals surface area (Å²) in [5, 5.41) is 12.3. The summed E-state index contributed by atoms with van der Waals surface area (Å²) in [6.45, 7) is 5.42. The molecule has 2 heterocycles. The number of aryl methyl sites for hydroxylation is 1. The van der Waals surface area contributed by atoms with E-state index in [4.69, 9.17) is 21.1 Å². The van der Waals surface area contributed by atoms with Crippen LogP contribution >= 0.6 is 22.9 Å². The van der Waals surface area contributed by atoms with Crippen LogP contribution in [0.25, 0.3) is 6.08 Å². The number of fused-ring (bicyclic) bond motifs is 1. The second kappa shape index (κ2) is 12.1. The molecule has 0 saturated heterocycles. The topological polar surface area (TPSA) is 113 Å². The Bertz CT molecular complexity index is 1910. The van der Waals surface area contributed by atoms with E-state index in [2.05, 4.69) is 4.99 Å². The van der Waals surface area contributed by atoms with Crippen LogP contribution in [0.3, 0.4) is 0 Å². The number of benzene rings is 3. The van der Waals surface area contributed by atoms with Crippen molar-refractivity contribution < 1.29 is 19.2 Å². The van der Waals surface area contributed by atoms with Gasteiger partial charge in [0, 0.05) is 22.2 Å². The molecule has 4 aromatic rings. The lowest BCUT2D eigenvalue weighted by Crippen LogP contribution is -2.40. The number of allylic oxidation sites excluding steroid dienone is 1. The maximum Gasteiger partial charge on any atom is 0.338 e. The first-order valence-corrected chi connectivity index (χ1v) is 14.3. The van der Waals surface area contributed by atoms with Gasteiger partial charge in [0.1, 0.15) is 12.4 Å². The lowest BCUT2D eigenvalue weighted by Gasteiger charge is -2.24. The van der Waals surface area contributed by atoms with Crippen LogP contribution in [0, 0.1) is 17.0 Å². The number of nitrogens with zero attached hydrogens (tertiary/aromatic N) is 3. The Morgan fingerprint density at radius 1 is 1.14 bits per heavy atom. The van der Waals surface area contributed by atoms with E-state index in [-0.39, 0.29) is 23.4 Å². The summed E-state index contributed by atoms with van der Waals surface area (Å²) < 4.78 is 13.0. The fourth-order valence-electron chi connectivity index (χ4n) is 4.69. The molecule has 0 N–H and O–H groups in total. The van der Waals surface area contributed by atoms with E-state index in [0.29, 0.717) is 43.5 Å². The number of nitro benzene ring substituents is 1. The van der Waals surface area contributed by atoms with Gasteiger partial charge in [0.05, 0.1) is 33.4 Å². The van der Waals surface area contributed by atoms with E-state index in [1.54, 1.807) is 57.2 Å². The van der Waals surface area contributed by atoms with Crippen LogP contribution in [-0.4, -0.2) is 22.1 Å². The molecule has 42 heavy (non-hydrogen) atoms. The standard InChI is InChI=1S/C31H26ClN3O6S/c1-4-40-30(37)27-19(3)33-31-34(28(27)21-12-9-18(2)25(16-21)35(38)39)29(36)26(42-31)15-20-10-13-23(14-11-20)41-17-22-7-5-6-8-24(22)32/h5-16,28H,4,17H2,1-3H3/b26-15+/t28-/m0/s1. The number of carbonyl (C=O) groups excluding carboxylic acids is 1. The minimum atomic E-state index is -0.942. The predicted molar refractivity (Wildman–Crippen MR) is 160 cm³/mol. The Labute approximate surface area is 249 Å². The van der Waals surface area contributed by atoms with Crippen molar-refractivity contribution >= 4 is 40.7 Å². The van der Waals surface area contributed by atoms with Gasteiger partial charge in [-0.3, -0.25) is 19.5 Å². The maximum atomic E-state index is 13.8. The Kier molecular flexibility index (Phi) is 8.37. The van der Waals surface area contributed by atoms with Crippen LogP contribution in [0.4, 0.5) is 5.69 Å². The van der Waals surface area contributed by atoms with Gasteiger partial charge in [-0.05, 0) is 56.2 Å². The number of nitro groups is 1. The molecule has 1 aliphatic rings. The first-order valence-electron chi connectivity index (χ1n) is 13.1. The molecule has 0 amide bonds. The van der Waals surface area contributed by atoms with E-state index < -0.39 is 16.9 Å². The molecule has 1 atom stereocenters. The molecule has 0 fully saturated rings. The summed E-state index contributed by atoms with van der Waals surface area (Å²) in [5.41, 5.74) is 2.57. The molecule has 0 aliphatic carbocycles. The van der Waals surface area contributed by atoms with Crippen molar-refractivity contribution in [2.24, 2.45) is 4.99 Å². The molecule has 9 nitrogen and oxygen atoms in total. The fourth-order valence-corrected chi connectivity index (χ4v) is 5.93. The van der Waals surface area contributed by atoms with Gasteiger partial charge in [-0.2, -0.15) is 0 Å². The van der Waals surface area contributed by atoms with E-state index in [0.717, 1.165) is 11.1 Å². The van der Waals surface area contributed by atoms with Gasteiger partial charge in [0.25, 0.3) is 11.2 Å². The zero-order chi connectivity index (χ0) is 30.0. The summed E-state index contributed by atoms with van der Waals surface area (Å²) >= 11 is 7.39. The van der Waals surface area contributed by atoms with Crippen LogP contribution in [0.5, 0.6) is 5.75 Å². The molecule has 0 radical (unpaired) electrons. The summed E-state index contributed by atoms with van der Waals surface area (Å²) in [4.78, 5) is 43.1. The smallest absolute Gasteiger partial charge is 0.338 e. The van der Waals surface area contributed by atoms with Gasteiger partial charge in [0.2, 0.25) is 0 Å². The van der Waals surface area contributed by atoms with Gasteiger partial charge < -0.3 is 9.47 Å². The lowest BCUT2D eigenvalue weighted by molar-refractivity contribution is -0.385. The molecule has 1 aliphatic heterocycles. The Hall–Kier alpha value is -4.54. The van der Waals surface area contributed by atoms with Crippen LogP contribution in [-0.2, 0) is 16.1 Å². The highest BCUT2D eigenvalue weighted by Crippen LogP contribution is 2.33. The average molecular weight is 604 g/mol. The minimum Gasteiger partial charge on any atom is -0.489 e. The molecule has 0 unspecified atom stereocenters. The van der Waals surface area contributed by atoms with E-state index in [1.165, 1.54) is 22.0 Å². The van der Waals surface area contributed by atoms with Gasteiger partial charge in [-0.15, -0.1) is 0 Å². The third kappa shape index (κ3) is 5.77. The molecule has 1 aromatic heterocycles. The normalized spacial score (nSPS) is 14.8. The van der Waals surface area contributed by atoms with Crippen LogP contribution in [0.2, 0.25) is 5.02 Å². The highest BCUT2D eigenvalue weighted by Gasteiger charge is 2.34. The molecular weight excluding hydrogens is 578 g/mol. The minimum absolute atomic E-state index is 0.107. The van der Waals surface area contributed by atoms with Crippen molar-refractivity contribution in [2.45, 2.75) is 33.4 Å². The van der Waals surface area contributed by atoms with Gasteiger partial charge in [-0.1, -0.05) is 65.4 Å². The van der Waals surface area contributed by atoms with Crippen molar-refractivity contribution in [3.8, 4) is 5.75 Å². The Morgan fingerprint density at radius 3 is 2.57 bits per heavy atom. The number of ether oxygens (including phenoxy) is 2. The second-order valence-corrected chi connectivity index (χ2v) is 11.0. The number of hydrogen-bond acceptors (Lipinski definition) is 8. The quantitative estimate of drug-likeness (QED) is 0.154. The van der Waals surface area contributed by atoms with E-state index in [1.807, 2.05) is 30.3 Å². The van der Waals surface area contributed by atoms with Crippen molar-refractivity contribution in [3.05, 3.63) is 135 Å². The van der Waals surface area contributed by atoms with Crippen molar-refractivity contribution in [3.63, 3.8) is 0 Å². The number of rotatable bonds is 8. The van der Waals surface area contributed by atoms with Gasteiger partial charge in [0.15, 0.2) is 4.80 Å². The molecular formula is C31H26ClN3O6S. The predicted octanol–water partition coefficient (Wildman–Crippen LogP) is 5.25. The molecule has 11 heteroatoms. The number of aromatic nitrogens is 1. The summed E-state index contributed by atoms with van der Waals surface area (Å²) in [6, 6.07) is 18.5. The maximum absolute atomic E-state index is 13.8. The largest absolute Gasteiger partial charge is 0.489 e. The Morgan fingerprint density at radius 2 is 1.88 bits per heavy atom. The average Bonchev–Trinajstić information content (AvgIpc) is 3.26. The van der Waals surface area contributed by atoms with Crippen LogP contribution < -0.4 is 19.6 Å². The highest BCUT2D eigenvalue weighted by molar-refractivity contribution is 7.07.